The van der Waals surface area contributed by atoms with Gasteiger partial charge in [0.25, 0.3) is 0 Å². The van der Waals surface area contributed by atoms with Gasteiger partial charge in [-0.05, 0) is 36.2 Å². The Labute approximate surface area is 164 Å². The zero-order chi connectivity index (χ0) is 18.7. The van der Waals surface area contributed by atoms with E-state index in [1.54, 1.807) is 6.92 Å². The second-order valence-corrected chi connectivity index (χ2v) is 8.12. The number of carbonyl (C=O) groups excluding carboxylic acids is 1. The maximum atomic E-state index is 12.1. The van der Waals surface area contributed by atoms with Crippen LogP contribution >= 0.6 is 27.7 Å². The minimum absolute atomic E-state index is 0.00406. The van der Waals surface area contributed by atoms with Crippen LogP contribution in [-0.2, 0) is 9.53 Å². The Bertz CT molecular complexity index is 811. The summed E-state index contributed by atoms with van der Waals surface area (Å²) in [7, 11) is 0. The molecule has 1 aliphatic rings. The fraction of sp³-hybridized carbons (Fsp3) is 0.316. The van der Waals surface area contributed by atoms with Gasteiger partial charge in [0.05, 0.1) is 18.9 Å². The Morgan fingerprint density at radius 1 is 1.23 bits per heavy atom. The topological polar surface area (TPSA) is 69.4 Å². The van der Waals surface area contributed by atoms with Gasteiger partial charge in [-0.2, -0.15) is 0 Å². The van der Waals surface area contributed by atoms with E-state index in [2.05, 4.69) is 15.9 Å². The summed E-state index contributed by atoms with van der Waals surface area (Å²) in [6, 6.07) is 14.3. The van der Waals surface area contributed by atoms with E-state index in [0.717, 1.165) is 20.5 Å². The van der Waals surface area contributed by atoms with Gasteiger partial charge in [0.15, 0.2) is 0 Å². The van der Waals surface area contributed by atoms with Crippen molar-refractivity contribution in [2.24, 2.45) is 0 Å². The summed E-state index contributed by atoms with van der Waals surface area (Å²) in [6.07, 6.45) is 0.00406. The van der Waals surface area contributed by atoms with Crippen molar-refractivity contribution in [2.75, 3.05) is 6.61 Å². The average molecular weight is 436 g/mol. The van der Waals surface area contributed by atoms with Crippen LogP contribution < -0.4 is 0 Å². The summed E-state index contributed by atoms with van der Waals surface area (Å²) >= 11 is 4.89. The Morgan fingerprint density at radius 3 is 2.58 bits per heavy atom. The number of rotatable bonds is 5. The largest absolute Gasteiger partial charge is 0.466 e. The number of carbonyl (C=O) groups is 1. The zero-order valence-corrected chi connectivity index (χ0v) is 16.5. The summed E-state index contributed by atoms with van der Waals surface area (Å²) in [5.41, 5.74) is 1.73. The quantitative estimate of drug-likeness (QED) is 0.376. The summed E-state index contributed by atoms with van der Waals surface area (Å²) in [5, 5.41) is 11.6. The Morgan fingerprint density at radius 2 is 1.92 bits per heavy atom. The first-order chi connectivity index (χ1) is 12.5. The highest BCUT2D eigenvalue weighted by Gasteiger charge is 2.47. The van der Waals surface area contributed by atoms with Gasteiger partial charge in [0.1, 0.15) is 5.25 Å². The third-order valence-corrected chi connectivity index (χ3v) is 6.39. The fourth-order valence-corrected chi connectivity index (χ4v) is 5.07. The first-order valence-corrected chi connectivity index (χ1v) is 9.98. The van der Waals surface area contributed by atoms with E-state index < -0.39 is 17.9 Å². The second-order valence-electron chi connectivity index (χ2n) is 6.02. The lowest BCUT2D eigenvalue weighted by atomic mass is 9.84. The molecule has 0 aliphatic carbocycles. The van der Waals surface area contributed by atoms with Crippen molar-refractivity contribution in [1.29, 1.82) is 0 Å². The van der Waals surface area contributed by atoms with Gasteiger partial charge in [-0.15, -0.1) is 11.8 Å². The molecule has 0 N–H and O–H groups in total. The highest BCUT2D eigenvalue weighted by atomic mass is 79.9. The Balaban J connectivity index is 2.05. The Kier molecular flexibility index (Phi) is 5.98. The summed E-state index contributed by atoms with van der Waals surface area (Å²) in [6.45, 7) is 2.00. The normalized spacial score (nSPS) is 21.7. The molecule has 5 nitrogen and oxygen atoms in total. The molecular weight excluding hydrogens is 418 g/mol. The summed E-state index contributed by atoms with van der Waals surface area (Å²) < 4.78 is 5.99. The van der Waals surface area contributed by atoms with Crippen molar-refractivity contribution in [2.45, 2.75) is 35.4 Å². The lowest BCUT2D eigenvalue weighted by Crippen LogP contribution is -2.37. The van der Waals surface area contributed by atoms with E-state index >= 15 is 0 Å². The van der Waals surface area contributed by atoms with E-state index in [-0.39, 0.29) is 23.2 Å². The smallest absolute Gasteiger partial charge is 0.306 e. The second kappa shape index (κ2) is 8.22. The zero-order valence-electron chi connectivity index (χ0n) is 14.1. The molecule has 0 aromatic heterocycles. The van der Waals surface area contributed by atoms with Crippen LogP contribution in [-0.4, -0.2) is 23.5 Å². The molecule has 0 amide bonds. The number of hydrogen-bond acceptors (Lipinski definition) is 5. The van der Waals surface area contributed by atoms with Crippen molar-refractivity contribution in [3.8, 4) is 0 Å². The van der Waals surface area contributed by atoms with Gasteiger partial charge in [-0.3, -0.25) is 14.9 Å². The van der Waals surface area contributed by atoms with Gasteiger partial charge in [0.2, 0.25) is 6.04 Å². The molecule has 0 spiro atoms. The van der Waals surface area contributed by atoms with E-state index in [0.29, 0.717) is 0 Å². The molecule has 0 bridgehead atoms. The molecule has 0 saturated carbocycles. The van der Waals surface area contributed by atoms with Gasteiger partial charge in [0, 0.05) is 14.3 Å². The van der Waals surface area contributed by atoms with Crippen molar-refractivity contribution in [1.82, 2.24) is 0 Å². The molecule has 2 aromatic carbocycles. The third kappa shape index (κ3) is 3.94. The van der Waals surface area contributed by atoms with Crippen LogP contribution in [0.4, 0.5) is 0 Å². The number of hydrogen-bond donors (Lipinski definition) is 0. The highest BCUT2D eigenvalue weighted by molar-refractivity contribution is 9.10. The van der Waals surface area contributed by atoms with Crippen LogP contribution in [0.15, 0.2) is 57.9 Å². The molecule has 3 rings (SSSR count). The number of benzene rings is 2. The maximum Gasteiger partial charge on any atom is 0.306 e. The predicted octanol–water partition coefficient (Wildman–Crippen LogP) is 4.98. The highest BCUT2D eigenvalue weighted by Crippen LogP contribution is 2.51. The number of esters is 1. The summed E-state index contributed by atoms with van der Waals surface area (Å²) in [5.74, 6) is -0.921. The monoisotopic (exact) mass is 435 g/mol. The minimum Gasteiger partial charge on any atom is -0.466 e. The lowest BCUT2D eigenvalue weighted by Gasteiger charge is -2.33. The molecule has 136 valence electrons. The van der Waals surface area contributed by atoms with Crippen LogP contribution in [0.1, 0.15) is 35.6 Å². The number of nitro groups is 1. The third-order valence-electron chi connectivity index (χ3n) is 4.43. The van der Waals surface area contributed by atoms with E-state index in [9.17, 15) is 14.9 Å². The van der Waals surface area contributed by atoms with Gasteiger partial charge < -0.3 is 4.74 Å². The number of ether oxygens (including phenoxy) is 1. The first-order valence-electron chi connectivity index (χ1n) is 8.31. The minimum atomic E-state index is -0.902. The van der Waals surface area contributed by atoms with Crippen LogP contribution in [0, 0.1) is 10.1 Å². The van der Waals surface area contributed by atoms with Crippen LogP contribution in [0.2, 0.25) is 0 Å². The SMILES string of the molecule is CCOC(=O)C[C@@H]1c2ccccc2S[C@H](c2ccc(Br)cc2)[C@H]1[N+](=O)[O-]. The molecule has 1 aliphatic heterocycles. The van der Waals surface area contributed by atoms with Crippen LogP contribution in [0.25, 0.3) is 0 Å². The number of nitrogens with zero attached hydrogens (tertiary/aromatic N) is 1. The molecule has 0 unspecified atom stereocenters. The first kappa shape index (κ1) is 18.9. The predicted molar refractivity (Wildman–Crippen MR) is 104 cm³/mol. The number of fused-ring (bicyclic) bond motifs is 1. The number of halogens is 1. The molecule has 7 heteroatoms. The van der Waals surface area contributed by atoms with Crippen LogP contribution in [0.5, 0.6) is 0 Å². The standard InChI is InChI=1S/C19H18BrNO4S/c1-2-25-17(22)11-15-14-5-3-4-6-16(14)26-19(18(15)21(23)24)12-7-9-13(20)10-8-12/h3-10,15,18-19H,2,11H2,1H3/t15-,18+,19-/m1/s1. The Hall–Kier alpha value is -1.86. The molecule has 0 radical (unpaired) electrons. The maximum absolute atomic E-state index is 12.1. The molecule has 2 aromatic rings. The van der Waals surface area contributed by atoms with Gasteiger partial charge >= 0.3 is 5.97 Å². The van der Waals surface area contributed by atoms with Crippen molar-refractivity contribution < 1.29 is 14.5 Å². The van der Waals surface area contributed by atoms with Crippen molar-refractivity contribution in [3.05, 3.63) is 74.2 Å². The number of thioether (sulfide) groups is 1. The van der Waals surface area contributed by atoms with E-state index in [4.69, 9.17) is 4.74 Å². The fourth-order valence-electron chi connectivity index (χ4n) is 3.30. The van der Waals surface area contributed by atoms with Gasteiger partial charge in [-0.25, -0.2) is 0 Å². The van der Waals surface area contributed by atoms with E-state index in [1.165, 1.54) is 11.8 Å². The molecule has 1 heterocycles. The molecule has 0 saturated heterocycles. The molecular formula is C19H18BrNO4S. The van der Waals surface area contributed by atoms with Crippen molar-refractivity contribution >= 4 is 33.7 Å². The summed E-state index contributed by atoms with van der Waals surface area (Å²) in [4.78, 5) is 24.8. The van der Waals surface area contributed by atoms with Crippen molar-refractivity contribution in [3.63, 3.8) is 0 Å². The molecule has 3 atom stereocenters. The van der Waals surface area contributed by atoms with Gasteiger partial charge in [-0.1, -0.05) is 46.3 Å². The van der Waals surface area contributed by atoms with E-state index in [1.807, 2.05) is 48.5 Å². The molecule has 0 fully saturated rings. The lowest BCUT2D eigenvalue weighted by molar-refractivity contribution is -0.527. The molecule has 26 heavy (non-hydrogen) atoms. The van der Waals surface area contributed by atoms with Crippen LogP contribution in [0.3, 0.4) is 0 Å². The average Bonchev–Trinajstić information content (AvgIpc) is 2.62.